The van der Waals surface area contributed by atoms with Crippen LogP contribution in [0.25, 0.3) is 11.1 Å². The SMILES string of the molecule is NCc1cccc(-c2cccc(Oc3nc(OC4(CC(=O)O)CCCCC4)c(F)cc3F)c2)c1. The maximum Gasteiger partial charge on any atom is 0.307 e. The Labute approximate surface area is 196 Å². The fraction of sp³-hybridized carbons (Fsp3) is 0.308. The summed E-state index contributed by atoms with van der Waals surface area (Å²) in [4.78, 5) is 15.4. The molecule has 0 unspecified atom stereocenters. The molecule has 0 amide bonds. The van der Waals surface area contributed by atoms with Gasteiger partial charge in [0.2, 0.25) is 0 Å². The number of nitrogens with zero attached hydrogens (tertiary/aromatic N) is 1. The molecule has 1 saturated carbocycles. The molecule has 1 aliphatic carbocycles. The van der Waals surface area contributed by atoms with E-state index in [2.05, 4.69) is 4.98 Å². The minimum Gasteiger partial charge on any atom is -0.481 e. The number of benzene rings is 2. The Balaban J connectivity index is 1.61. The summed E-state index contributed by atoms with van der Waals surface area (Å²) >= 11 is 0. The first kappa shape index (κ1) is 23.6. The predicted molar refractivity (Wildman–Crippen MR) is 123 cm³/mol. The molecule has 34 heavy (non-hydrogen) atoms. The van der Waals surface area contributed by atoms with Gasteiger partial charge in [-0.15, -0.1) is 0 Å². The molecule has 1 aliphatic rings. The molecule has 0 saturated heterocycles. The molecular weight excluding hydrogens is 442 g/mol. The number of hydrogen-bond acceptors (Lipinski definition) is 5. The van der Waals surface area contributed by atoms with Crippen molar-refractivity contribution in [2.24, 2.45) is 5.73 Å². The van der Waals surface area contributed by atoms with Crippen molar-refractivity contribution >= 4 is 5.97 Å². The van der Waals surface area contributed by atoms with Crippen LogP contribution in [0.4, 0.5) is 8.78 Å². The molecule has 0 radical (unpaired) electrons. The number of pyridine rings is 1. The lowest BCUT2D eigenvalue weighted by Gasteiger charge is -2.36. The van der Waals surface area contributed by atoms with Crippen LogP contribution in [0.15, 0.2) is 54.6 Å². The van der Waals surface area contributed by atoms with E-state index in [1.807, 2.05) is 30.3 Å². The summed E-state index contributed by atoms with van der Waals surface area (Å²) in [7, 11) is 0. The Bertz CT molecular complexity index is 1180. The van der Waals surface area contributed by atoms with Gasteiger partial charge in [-0.25, -0.2) is 8.78 Å². The second-order valence-electron chi connectivity index (χ2n) is 8.51. The zero-order valence-corrected chi connectivity index (χ0v) is 18.6. The number of halogens is 2. The molecule has 3 aromatic rings. The van der Waals surface area contributed by atoms with Gasteiger partial charge in [-0.05, 0) is 60.6 Å². The van der Waals surface area contributed by atoms with Crippen LogP contribution in [0, 0.1) is 11.6 Å². The quantitative estimate of drug-likeness (QED) is 0.432. The molecule has 0 aliphatic heterocycles. The molecule has 1 heterocycles. The monoisotopic (exact) mass is 468 g/mol. The summed E-state index contributed by atoms with van der Waals surface area (Å²) in [6.45, 7) is 0.404. The molecule has 0 spiro atoms. The molecule has 2 aromatic carbocycles. The number of ether oxygens (including phenoxy) is 2. The molecule has 8 heteroatoms. The van der Waals surface area contributed by atoms with Crippen LogP contribution in [0.1, 0.15) is 44.1 Å². The number of carboxylic acid groups (broad SMARTS) is 1. The smallest absolute Gasteiger partial charge is 0.307 e. The van der Waals surface area contributed by atoms with Crippen LogP contribution in [0.3, 0.4) is 0 Å². The van der Waals surface area contributed by atoms with Crippen LogP contribution >= 0.6 is 0 Å². The highest BCUT2D eigenvalue weighted by Gasteiger charge is 2.38. The zero-order valence-electron chi connectivity index (χ0n) is 18.6. The van der Waals surface area contributed by atoms with Crippen LogP contribution < -0.4 is 15.2 Å². The summed E-state index contributed by atoms with van der Waals surface area (Å²) in [6.07, 6.45) is 3.10. The van der Waals surface area contributed by atoms with Gasteiger partial charge in [-0.2, -0.15) is 4.98 Å². The van der Waals surface area contributed by atoms with Crippen LogP contribution in [0.2, 0.25) is 0 Å². The molecule has 1 fully saturated rings. The van der Waals surface area contributed by atoms with E-state index in [1.165, 1.54) is 0 Å². The largest absolute Gasteiger partial charge is 0.481 e. The van der Waals surface area contributed by atoms with Crippen molar-refractivity contribution in [3.63, 3.8) is 0 Å². The summed E-state index contributed by atoms with van der Waals surface area (Å²) < 4.78 is 40.5. The van der Waals surface area contributed by atoms with Crippen LogP contribution in [0.5, 0.6) is 17.5 Å². The number of nitrogens with two attached hydrogens (primary N) is 1. The van der Waals surface area contributed by atoms with E-state index in [0.29, 0.717) is 31.2 Å². The van der Waals surface area contributed by atoms with Crippen molar-refractivity contribution in [3.05, 3.63) is 71.8 Å². The van der Waals surface area contributed by atoms with E-state index in [9.17, 15) is 18.7 Å². The van der Waals surface area contributed by atoms with Gasteiger partial charge in [-0.1, -0.05) is 36.8 Å². The second kappa shape index (κ2) is 10.2. The van der Waals surface area contributed by atoms with Crippen molar-refractivity contribution in [2.45, 2.75) is 50.7 Å². The maximum atomic E-state index is 14.5. The Hall–Kier alpha value is -3.52. The third-order valence-electron chi connectivity index (χ3n) is 5.96. The van der Waals surface area contributed by atoms with Crippen molar-refractivity contribution in [2.75, 3.05) is 0 Å². The predicted octanol–water partition coefficient (Wildman–Crippen LogP) is 5.83. The third-order valence-corrected chi connectivity index (χ3v) is 5.96. The van der Waals surface area contributed by atoms with Gasteiger partial charge < -0.3 is 20.3 Å². The van der Waals surface area contributed by atoms with E-state index in [4.69, 9.17) is 15.2 Å². The van der Waals surface area contributed by atoms with E-state index in [0.717, 1.165) is 36.0 Å². The van der Waals surface area contributed by atoms with Crippen molar-refractivity contribution in [1.29, 1.82) is 0 Å². The van der Waals surface area contributed by atoms with E-state index >= 15 is 0 Å². The van der Waals surface area contributed by atoms with Gasteiger partial charge in [0, 0.05) is 12.6 Å². The Kier molecular flexibility index (Phi) is 7.07. The minimum atomic E-state index is -1.08. The van der Waals surface area contributed by atoms with Crippen molar-refractivity contribution < 1.29 is 28.2 Å². The lowest BCUT2D eigenvalue weighted by atomic mass is 9.82. The molecule has 1 aromatic heterocycles. The lowest BCUT2D eigenvalue weighted by Crippen LogP contribution is -2.41. The minimum absolute atomic E-state index is 0.286. The van der Waals surface area contributed by atoms with E-state index in [1.54, 1.807) is 18.2 Å². The van der Waals surface area contributed by atoms with Gasteiger partial charge in [-0.3, -0.25) is 4.79 Å². The molecule has 178 valence electrons. The first-order valence-electron chi connectivity index (χ1n) is 11.2. The Morgan fingerprint density at radius 3 is 2.35 bits per heavy atom. The second-order valence-corrected chi connectivity index (χ2v) is 8.51. The summed E-state index contributed by atoms with van der Waals surface area (Å²) in [5.74, 6) is -3.66. The normalized spacial score (nSPS) is 15.0. The molecule has 0 atom stereocenters. The zero-order chi connectivity index (χ0) is 24.1. The lowest BCUT2D eigenvalue weighted by molar-refractivity contribution is -0.142. The van der Waals surface area contributed by atoms with Crippen LogP contribution in [-0.4, -0.2) is 21.7 Å². The number of carbonyl (C=O) groups is 1. The molecule has 3 N–H and O–H groups in total. The Morgan fingerprint density at radius 2 is 1.65 bits per heavy atom. The van der Waals surface area contributed by atoms with Gasteiger partial charge >= 0.3 is 5.97 Å². The maximum absolute atomic E-state index is 14.5. The average molecular weight is 469 g/mol. The van der Waals surface area contributed by atoms with Gasteiger partial charge in [0.1, 0.15) is 11.4 Å². The third kappa shape index (κ3) is 5.51. The molecule has 4 rings (SSSR count). The number of rotatable bonds is 8. The highest BCUT2D eigenvalue weighted by atomic mass is 19.1. The van der Waals surface area contributed by atoms with E-state index < -0.39 is 35.0 Å². The van der Waals surface area contributed by atoms with Crippen molar-refractivity contribution in [3.8, 4) is 28.6 Å². The molecule has 0 bridgehead atoms. The fourth-order valence-corrected chi connectivity index (χ4v) is 4.30. The summed E-state index contributed by atoms with van der Waals surface area (Å²) in [6, 6.07) is 15.3. The van der Waals surface area contributed by atoms with Gasteiger partial charge in [0.05, 0.1) is 6.42 Å². The van der Waals surface area contributed by atoms with Crippen LogP contribution in [-0.2, 0) is 11.3 Å². The number of hydrogen-bond donors (Lipinski definition) is 2. The average Bonchev–Trinajstić information content (AvgIpc) is 2.82. The van der Waals surface area contributed by atoms with Gasteiger partial charge in [0.15, 0.2) is 11.6 Å². The fourth-order valence-electron chi connectivity index (χ4n) is 4.30. The highest BCUT2D eigenvalue weighted by molar-refractivity contribution is 5.68. The summed E-state index contributed by atoms with van der Waals surface area (Å²) in [5.41, 5.74) is 7.35. The molecule has 6 nitrogen and oxygen atoms in total. The topological polar surface area (TPSA) is 94.7 Å². The first-order chi connectivity index (χ1) is 16.4. The highest BCUT2D eigenvalue weighted by Crippen LogP contribution is 2.37. The first-order valence-corrected chi connectivity index (χ1v) is 11.2. The van der Waals surface area contributed by atoms with Crippen molar-refractivity contribution in [1.82, 2.24) is 4.98 Å². The number of carboxylic acids is 1. The Morgan fingerprint density at radius 1 is 0.971 bits per heavy atom. The molecular formula is C26H26F2N2O4. The number of aromatic nitrogens is 1. The standard InChI is InChI=1S/C26H26F2N2O4/c27-21-14-22(28)25(34-26(15-23(31)32)10-2-1-3-11-26)30-24(21)33-20-9-5-8-19(13-20)18-7-4-6-17(12-18)16-29/h4-9,12-14H,1-3,10-11,15-16,29H2,(H,31,32). The summed E-state index contributed by atoms with van der Waals surface area (Å²) in [5, 5.41) is 9.34. The van der Waals surface area contributed by atoms with Gasteiger partial charge in [0.25, 0.3) is 11.8 Å². The number of aliphatic carboxylic acids is 1. The van der Waals surface area contributed by atoms with E-state index in [-0.39, 0.29) is 6.42 Å².